The molecule has 3 heterocycles. The van der Waals surface area contributed by atoms with Crippen LogP contribution in [0.3, 0.4) is 0 Å². The second-order valence-electron chi connectivity index (χ2n) is 7.14. The minimum absolute atomic E-state index is 0.288. The molecule has 8 nitrogen and oxygen atoms in total. The van der Waals surface area contributed by atoms with E-state index in [-0.39, 0.29) is 6.03 Å². The van der Waals surface area contributed by atoms with Crippen LogP contribution in [-0.2, 0) is 4.74 Å². The number of methoxy groups -OCH3 is 1. The summed E-state index contributed by atoms with van der Waals surface area (Å²) in [6, 6.07) is 8.85. The van der Waals surface area contributed by atoms with Gasteiger partial charge >= 0.3 is 6.03 Å². The van der Waals surface area contributed by atoms with E-state index < -0.39 is 0 Å². The van der Waals surface area contributed by atoms with Crippen LogP contribution < -0.4 is 10.1 Å². The molecule has 162 valence electrons. The second-order valence-corrected chi connectivity index (χ2v) is 7.57. The summed E-state index contributed by atoms with van der Waals surface area (Å²) in [5.74, 6) is 0.618. The smallest absolute Gasteiger partial charge is 0.342 e. The van der Waals surface area contributed by atoms with Crippen molar-refractivity contribution in [2.75, 3.05) is 46.5 Å². The molecule has 4 rings (SSSR count). The molecule has 1 aliphatic rings. The highest BCUT2D eigenvalue weighted by molar-refractivity contribution is 6.31. The number of carbonyl (C=O) groups excluding carboxylic acids is 1. The molecule has 1 saturated heterocycles. The third-order valence-electron chi connectivity index (χ3n) is 5.10. The van der Waals surface area contributed by atoms with E-state index in [1.165, 1.54) is 4.68 Å². The number of carbonyl (C=O) groups is 1. The third-order valence-corrected chi connectivity index (χ3v) is 5.32. The van der Waals surface area contributed by atoms with Gasteiger partial charge in [0.25, 0.3) is 0 Å². The molecule has 3 aromatic rings. The van der Waals surface area contributed by atoms with Crippen LogP contribution in [0.15, 0.2) is 48.9 Å². The zero-order chi connectivity index (χ0) is 21.6. The summed E-state index contributed by atoms with van der Waals surface area (Å²) < 4.78 is 12.0. The van der Waals surface area contributed by atoms with Gasteiger partial charge in [0.05, 0.1) is 20.3 Å². The highest BCUT2D eigenvalue weighted by Crippen LogP contribution is 2.34. The van der Waals surface area contributed by atoms with Crippen molar-refractivity contribution >= 4 is 17.6 Å². The molecule has 9 heteroatoms. The van der Waals surface area contributed by atoms with Crippen LogP contribution in [0.4, 0.5) is 4.79 Å². The Morgan fingerprint density at radius 2 is 1.97 bits per heavy atom. The Labute approximate surface area is 185 Å². The maximum atomic E-state index is 12.8. The van der Waals surface area contributed by atoms with E-state index in [0.717, 1.165) is 49.5 Å². The van der Waals surface area contributed by atoms with Crippen molar-refractivity contribution in [2.45, 2.75) is 0 Å². The molecule has 0 aliphatic carbocycles. The minimum Gasteiger partial charge on any atom is -0.497 e. The molecule has 0 bridgehead atoms. The van der Waals surface area contributed by atoms with Gasteiger partial charge in [-0.1, -0.05) is 11.6 Å². The molecular formula is C22H24ClN5O3. The number of amides is 1. The monoisotopic (exact) mass is 441 g/mol. The van der Waals surface area contributed by atoms with E-state index in [9.17, 15) is 4.79 Å². The highest BCUT2D eigenvalue weighted by Gasteiger charge is 2.18. The first-order valence-corrected chi connectivity index (χ1v) is 10.4. The van der Waals surface area contributed by atoms with E-state index in [2.05, 4.69) is 20.3 Å². The average Bonchev–Trinajstić information content (AvgIpc) is 3.26. The lowest BCUT2D eigenvalue weighted by molar-refractivity contribution is 0.0387. The number of pyridine rings is 1. The lowest BCUT2D eigenvalue weighted by atomic mass is 10.0. The first-order chi connectivity index (χ1) is 15.1. The number of halogens is 1. The van der Waals surface area contributed by atoms with Gasteiger partial charge in [-0.05, 0) is 35.9 Å². The predicted molar refractivity (Wildman–Crippen MR) is 119 cm³/mol. The maximum Gasteiger partial charge on any atom is 0.342 e. The van der Waals surface area contributed by atoms with Gasteiger partial charge in [0.15, 0.2) is 0 Å². The van der Waals surface area contributed by atoms with Crippen molar-refractivity contribution < 1.29 is 14.3 Å². The minimum atomic E-state index is -0.288. The van der Waals surface area contributed by atoms with Crippen LogP contribution in [0.5, 0.6) is 5.75 Å². The molecule has 1 amide bonds. The quantitative estimate of drug-likeness (QED) is 0.632. The molecule has 2 aromatic heterocycles. The zero-order valence-corrected chi connectivity index (χ0v) is 18.0. The van der Waals surface area contributed by atoms with Crippen LogP contribution in [0.2, 0.25) is 5.02 Å². The fourth-order valence-corrected chi connectivity index (χ4v) is 3.70. The van der Waals surface area contributed by atoms with Gasteiger partial charge in [-0.15, -0.1) is 0 Å². The summed E-state index contributed by atoms with van der Waals surface area (Å²) >= 11 is 6.27. The standard InChI is InChI=1S/C22H24ClN5O3/c1-30-19-13-17(12-18(23)14-19)21-20(16-2-4-24-5-3-16)15-28(26-21)22(29)25-6-7-27-8-10-31-11-9-27/h2-5,12-15H,6-11H2,1H3,(H,25,29). The van der Waals surface area contributed by atoms with E-state index >= 15 is 0 Å². The summed E-state index contributed by atoms with van der Waals surface area (Å²) in [5.41, 5.74) is 3.10. The maximum absolute atomic E-state index is 12.8. The lowest BCUT2D eigenvalue weighted by Gasteiger charge is -2.26. The van der Waals surface area contributed by atoms with Crippen LogP contribution in [0.1, 0.15) is 0 Å². The van der Waals surface area contributed by atoms with Crippen molar-refractivity contribution in [2.24, 2.45) is 0 Å². The Morgan fingerprint density at radius 1 is 1.19 bits per heavy atom. The molecule has 31 heavy (non-hydrogen) atoms. The Kier molecular flexibility index (Phi) is 6.81. The number of rotatable bonds is 6. The normalized spacial score (nSPS) is 14.4. The lowest BCUT2D eigenvalue weighted by Crippen LogP contribution is -2.42. The first-order valence-electron chi connectivity index (χ1n) is 10.1. The van der Waals surface area contributed by atoms with Gasteiger partial charge in [-0.3, -0.25) is 9.88 Å². The topological polar surface area (TPSA) is 81.5 Å². The number of hydrogen-bond acceptors (Lipinski definition) is 6. The molecule has 1 aromatic carbocycles. The average molecular weight is 442 g/mol. The summed E-state index contributed by atoms with van der Waals surface area (Å²) in [7, 11) is 1.58. The van der Waals surface area contributed by atoms with E-state index in [4.69, 9.17) is 21.1 Å². The van der Waals surface area contributed by atoms with Crippen LogP contribution >= 0.6 is 11.6 Å². The Hall–Kier alpha value is -2.94. The summed E-state index contributed by atoms with van der Waals surface area (Å²) in [4.78, 5) is 19.1. The van der Waals surface area contributed by atoms with Crippen LogP contribution in [0.25, 0.3) is 22.4 Å². The van der Waals surface area contributed by atoms with Gasteiger partial charge in [0.1, 0.15) is 11.4 Å². The van der Waals surface area contributed by atoms with Crippen molar-refractivity contribution in [1.82, 2.24) is 25.0 Å². The number of ether oxygens (including phenoxy) is 2. The number of aromatic nitrogens is 3. The molecule has 0 atom stereocenters. The molecular weight excluding hydrogens is 418 g/mol. The fraction of sp³-hybridized carbons (Fsp3) is 0.318. The number of nitrogens with one attached hydrogen (secondary N) is 1. The number of benzene rings is 1. The molecule has 0 radical (unpaired) electrons. The van der Waals surface area contributed by atoms with Gasteiger partial charge in [0, 0.05) is 60.9 Å². The molecule has 1 fully saturated rings. The number of hydrogen-bond donors (Lipinski definition) is 1. The SMILES string of the molecule is COc1cc(Cl)cc(-c2nn(C(=O)NCCN3CCOCC3)cc2-c2ccncc2)c1. The fourth-order valence-electron chi connectivity index (χ4n) is 3.48. The first kappa shape index (κ1) is 21.3. The van der Waals surface area contributed by atoms with Crippen LogP contribution in [-0.4, -0.2) is 72.2 Å². The molecule has 0 saturated carbocycles. The Bertz CT molecular complexity index is 1030. The van der Waals surface area contributed by atoms with Crippen molar-refractivity contribution in [3.8, 4) is 28.1 Å². The van der Waals surface area contributed by atoms with Gasteiger partial charge in [-0.25, -0.2) is 4.79 Å². The molecule has 0 unspecified atom stereocenters. The zero-order valence-electron chi connectivity index (χ0n) is 17.3. The second kappa shape index (κ2) is 9.91. The molecule has 0 spiro atoms. The molecule has 1 N–H and O–H groups in total. The van der Waals surface area contributed by atoms with Gasteiger partial charge < -0.3 is 14.8 Å². The van der Waals surface area contributed by atoms with Gasteiger partial charge in [0.2, 0.25) is 0 Å². The van der Waals surface area contributed by atoms with Crippen molar-refractivity contribution in [1.29, 1.82) is 0 Å². The number of morpholine rings is 1. The predicted octanol–water partition coefficient (Wildman–Crippen LogP) is 3.16. The third kappa shape index (κ3) is 5.22. The highest BCUT2D eigenvalue weighted by atomic mass is 35.5. The Balaban J connectivity index is 1.59. The van der Waals surface area contributed by atoms with Crippen molar-refractivity contribution in [3.05, 3.63) is 53.9 Å². The summed E-state index contributed by atoms with van der Waals surface area (Å²) in [6.45, 7) is 4.52. The van der Waals surface area contributed by atoms with E-state index in [0.29, 0.717) is 23.0 Å². The summed E-state index contributed by atoms with van der Waals surface area (Å²) in [5, 5.41) is 8.04. The molecule has 1 aliphatic heterocycles. The Morgan fingerprint density at radius 3 is 2.71 bits per heavy atom. The van der Waals surface area contributed by atoms with Crippen LogP contribution in [0, 0.1) is 0 Å². The van der Waals surface area contributed by atoms with E-state index in [1.54, 1.807) is 37.8 Å². The number of nitrogens with zero attached hydrogens (tertiary/aromatic N) is 4. The largest absolute Gasteiger partial charge is 0.497 e. The van der Waals surface area contributed by atoms with Gasteiger partial charge in [-0.2, -0.15) is 9.78 Å². The van der Waals surface area contributed by atoms with E-state index in [1.807, 2.05) is 18.2 Å². The summed E-state index contributed by atoms with van der Waals surface area (Å²) in [6.07, 6.45) is 5.14. The van der Waals surface area contributed by atoms with Crippen molar-refractivity contribution in [3.63, 3.8) is 0 Å².